The number of hydrogen-bond donors (Lipinski definition) is 3. The molecule has 1 aliphatic heterocycles. The predicted molar refractivity (Wildman–Crippen MR) is 70.3 cm³/mol. The SMILES string of the molecule is CC1CCN(Cc2nc(N)nc(N)n2)C(CN)C1. The second kappa shape index (κ2) is 5.45. The molecule has 1 aliphatic rings. The zero-order chi connectivity index (χ0) is 13.1. The highest BCUT2D eigenvalue weighted by atomic mass is 15.2. The van der Waals surface area contributed by atoms with E-state index in [0.717, 1.165) is 18.9 Å². The molecule has 2 rings (SSSR count). The van der Waals surface area contributed by atoms with Crippen molar-refractivity contribution in [2.24, 2.45) is 11.7 Å². The van der Waals surface area contributed by atoms with Gasteiger partial charge in [-0.2, -0.15) is 15.0 Å². The van der Waals surface area contributed by atoms with Crippen molar-refractivity contribution in [1.29, 1.82) is 0 Å². The van der Waals surface area contributed by atoms with Gasteiger partial charge in [0.1, 0.15) is 5.82 Å². The molecule has 6 N–H and O–H groups in total. The van der Waals surface area contributed by atoms with E-state index < -0.39 is 0 Å². The largest absolute Gasteiger partial charge is 0.368 e. The second-order valence-corrected chi connectivity index (χ2v) is 4.96. The molecule has 100 valence electrons. The Bertz CT molecular complexity index is 388. The van der Waals surface area contributed by atoms with Crippen LogP contribution in [0.1, 0.15) is 25.6 Å². The Balaban J connectivity index is 2.07. The summed E-state index contributed by atoms with van der Waals surface area (Å²) in [6, 6.07) is 0.382. The molecule has 0 spiro atoms. The molecule has 2 atom stereocenters. The average molecular weight is 251 g/mol. The van der Waals surface area contributed by atoms with E-state index >= 15 is 0 Å². The molecule has 0 bridgehead atoms. The van der Waals surface area contributed by atoms with Gasteiger partial charge in [0, 0.05) is 12.6 Å². The first-order valence-corrected chi connectivity index (χ1v) is 6.28. The van der Waals surface area contributed by atoms with E-state index in [-0.39, 0.29) is 11.9 Å². The molecular weight excluding hydrogens is 230 g/mol. The number of nitrogens with zero attached hydrogens (tertiary/aromatic N) is 4. The lowest BCUT2D eigenvalue weighted by atomic mass is 9.92. The van der Waals surface area contributed by atoms with E-state index in [1.165, 1.54) is 6.42 Å². The summed E-state index contributed by atoms with van der Waals surface area (Å²) in [5.41, 5.74) is 17.0. The van der Waals surface area contributed by atoms with Gasteiger partial charge >= 0.3 is 0 Å². The van der Waals surface area contributed by atoms with Crippen LogP contribution < -0.4 is 17.2 Å². The molecule has 1 aromatic heterocycles. The third-order valence-electron chi connectivity index (χ3n) is 3.43. The number of hydrogen-bond acceptors (Lipinski definition) is 7. The summed E-state index contributed by atoms with van der Waals surface area (Å²) in [5.74, 6) is 1.69. The van der Waals surface area contributed by atoms with E-state index in [2.05, 4.69) is 26.8 Å². The monoisotopic (exact) mass is 251 g/mol. The number of aromatic nitrogens is 3. The predicted octanol–water partition coefficient (Wildman–Crippen LogP) is -0.405. The van der Waals surface area contributed by atoms with Crippen molar-refractivity contribution in [3.63, 3.8) is 0 Å². The number of likely N-dealkylation sites (tertiary alicyclic amines) is 1. The maximum Gasteiger partial charge on any atom is 0.225 e. The fraction of sp³-hybridized carbons (Fsp3) is 0.727. The molecule has 1 aromatic rings. The van der Waals surface area contributed by atoms with E-state index in [0.29, 0.717) is 25.0 Å². The molecule has 0 amide bonds. The number of nitrogen functional groups attached to an aromatic ring is 2. The molecule has 2 heterocycles. The molecule has 7 heteroatoms. The minimum Gasteiger partial charge on any atom is -0.368 e. The zero-order valence-electron chi connectivity index (χ0n) is 10.7. The number of rotatable bonds is 3. The van der Waals surface area contributed by atoms with Gasteiger partial charge in [-0.15, -0.1) is 0 Å². The van der Waals surface area contributed by atoms with E-state index in [9.17, 15) is 0 Å². The van der Waals surface area contributed by atoms with Crippen LogP contribution in [-0.4, -0.2) is 39.0 Å². The van der Waals surface area contributed by atoms with Crippen LogP contribution in [0.2, 0.25) is 0 Å². The number of piperidine rings is 1. The van der Waals surface area contributed by atoms with Gasteiger partial charge in [-0.3, -0.25) is 4.90 Å². The zero-order valence-corrected chi connectivity index (χ0v) is 10.7. The number of nitrogens with two attached hydrogens (primary N) is 3. The summed E-state index contributed by atoms with van der Waals surface area (Å²) < 4.78 is 0. The lowest BCUT2D eigenvalue weighted by Crippen LogP contribution is -2.45. The Morgan fingerprint density at radius 2 is 1.89 bits per heavy atom. The maximum atomic E-state index is 5.83. The van der Waals surface area contributed by atoms with Crippen molar-refractivity contribution in [3.05, 3.63) is 5.82 Å². The van der Waals surface area contributed by atoms with Crippen LogP contribution in [0.5, 0.6) is 0 Å². The normalized spacial score (nSPS) is 25.2. The lowest BCUT2D eigenvalue weighted by Gasteiger charge is -2.37. The minimum atomic E-state index is 0.173. The van der Waals surface area contributed by atoms with E-state index in [4.69, 9.17) is 17.2 Å². The summed E-state index contributed by atoms with van der Waals surface area (Å²) in [4.78, 5) is 14.3. The van der Waals surface area contributed by atoms with Crippen LogP contribution in [0.25, 0.3) is 0 Å². The molecule has 0 radical (unpaired) electrons. The van der Waals surface area contributed by atoms with Gasteiger partial charge in [0.25, 0.3) is 0 Å². The van der Waals surface area contributed by atoms with Crippen LogP contribution in [0.4, 0.5) is 11.9 Å². The highest BCUT2D eigenvalue weighted by molar-refractivity contribution is 5.25. The quantitative estimate of drug-likeness (QED) is 0.668. The first-order chi connectivity index (χ1) is 8.58. The van der Waals surface area contributed by atoms with Crippen LogP contribution in [-0.2, 0) is 6.54 Å². The highest BCUT2D eigenvalue weighted by Crippen LogP contribution is 2.23. The lowest BCUT2D eigenvalue weighted by molar-refractivity contribution is 0.112. The maximum absolute atomic E-state index is 5.83. The van der Waals surface area contributed by atoms with Gasteiger partial charge in [0.15, 0.2) is 0 Å². The fourth-order valence-electron chi connectivity index (χ4n) is 2.46. The molecule has 2 unspecified atom stereocenters. The van der Waals surface area contributed by atoms with Crippen LogP contribution in [0.3, 0.4) is 0 Å². The first kappa shape index (κ1) is 13.0. The summed E-state index contributed by atoms with van der Waals surface area (Å²) >= 11 is 0. The van der Waals surface area contributed by atoms with Crippen molar-refractivity contribution in [2.75, 3.05) is 24.6 Å². The van der Waals surface area contributed by atoms with Crippen LogP contribution in [0, 0.1) is 5.92 Å². The first-order valence-electron chi connectivity index (χ1n) is 6.28. The summed E-state index contributed by atoms with van der Waals surface area (Å²) in [7, 11) is 0. The molecule has 0 aliphatic carbocycles. The molecule has 0 aromatic carbocycles. The summed E-state index contributed by atoms with van der Waals surface area (Å²) in [5, 5.41) is 0. The van der Waals surface area contributed by atoms with Crippen molar-refractivity contribution >= 4 is 11.9 Å². The molecule has 1 saturated heterocycles. The standard InChI is InChI=1S/C11H21N7/c1-7-2-3-18(8(4-7)5-12)6-9-15-10(13)17-11(14)16-9/h7-8H,2-6,12H2,1H3,(H4,13,14,15,16,17). The van der Waals surface area contributed by atoms with Crippen molar-refractivity contribution in [3.8, 4) is 0 Å². The third-order valence-corrected chi connectivity index (χ3v) is 3.43. The van der Waals surface area contributed by atoms with E-state index in [1.54, 1.807) is 0 Å². The van der Waals surface area contributed by atoms with Gasteiger partial charge in [-0.25, -0.2) is 0 Å². The second-order valence-electron chi connectivity index (χ2n) is 4.96. The van der Waals surface area contributed by atoms with E-state index in [1.807, 2.05) is 0 Å². The minimum absolute atomic E-state index is 0.173. The van der Waals surface area contributed by atoms with Gasteiger partial charge in [0.05, 0.1) is 6.54 Å². The fourth-order valence-corrected chi connectivity index (χ4v) is 2.46. The topological polar surface area (TPSA) is 120 Å². The molecule has 18 heavy (non-hydrogen) atoms. The highest BCUT2D eigenvalue weighted by Gasteiger charge is 2.25. The molecular formula is C11H21N7. The Morgan fingerprint density at radius 1 is 1.22 bits per heavy atom. The van der Waals surface area contributed by atoms with Crippen molar-refractivity contribution in [2.45, 2.75) is 32.4 Å². The Hall–Kier alpha value is -1.47. The molecule has 0 saturated carbocycles. The van der Waals surface area contributed by atoms with Gasteiger partial charge in [-0.05, 0) is 25.3 Å². The van der Waals surface area contributed by atoms with Gasteiger partial charge in [-0.1, -0.05) is 6.92 Å². The Morgan fingerprint density at radius 3 is 2.50 bits per heavy atom. The number of anilines is 2. The Kier molecular flexibility index (Phi) is 3.93. The van der Waals surface area contributed by atoms with Crippen LogP contribution >= 0.6 is 0 Å². The Labute approximate surface area is 107 Å². The summed E-state index contributed by atoms with van der Waals surface area (Å²) in [6.45, 7) is 4.55. The molecule has 7 nitrogen and oxygen atoms in total. The van der Waals surface area contributed by atoms with Crippen molar-refractivity contribution < 1.29 is 0 Å². The van der Waals surface area contributed by atoms with Gasteiger partial charge in [0.2, 0.25) is 11.9 Å². The average Bonchev–Trinajstić information content (AvgIpc) is 2.30. The molecule has 1 fully saturated rings. The third kappa shape index (κ3) is 3.05. The van der Waals surface area contributed by atoms with Crippen LogP contribution in [0.15, 0.2) is 0 Å². The van der Waals surface area contributed by atoms with Gasteiger partial charge < -0.3 is 17.2 Å². The summed E-state index contributed by atoms with van der Waals surface area (Å²) in [6.07, 6.45) is 2.29. The van der Waals surface area contributed by atoms with Crippen molar-refractivity contribution in [1.82, 2.24) is 19.9 Å². The smallest absolute Gasteiger partial charge is 0.225 e.